The van der Waals surface area contributed by atoms with Crippen molar-refractivity contribution in [3.8, 4) is 0 Å². The first-order valence-corrected chi connectivity index (χ1v) is 12.7. The van der Waals surface area contributed by atoms with E-state index in [2.05, 4.69) is 27.4 Å². The number of aliphatic hydroxyl groups is 1. The lowest BCUT2D eigenvalue weighted by atomic mass is 9.38. The Bertz CT molecular complexity index is 1010. The van der Waals surface area contributed by atoms with Crippen LogP contribution in [0.25, 0.3) is 0 Å². The zero-order valence-electron chi connectivity index (χ0n) is 21.8. The molecule has 1 N–H and O–H groups in total. The number of rotatable bonds is 2. The van der Waals surface area contributed by atoms with Crippen LogP contribution in [0, 0.1) is 28.1 Å². The van der Waals surface area contributed by atoms with Crippen LogP contribution < -0.4 is 0 Å². The van der Waals surface area contributed by atoms with Crippen molar-refractivity contribution in [2.24, 2.45) is 28.1 Å². The number of fused-ring (bicyclic) bond motifs is 2. The highest BCUT2D eigenvalue weighted by molar-refractivity contribution is 6.06. The standard InChI is InChI=1S/C27H38O8/c1-13-21(30)27-19-11-17-23(4,5)10-9-18(33-15(3)29)25(17,8)20(27)16(32-14(2)28)12-26(13,31)22(27)35-24(6,7)34-19/h16-20,22,31H,1,9-12H2,2-8H3/t16-,17+,18+,19+,20-,22+,25-,26+,27+/m0/s1. The summed E-state index contributed by atoms with van der Waals surface area (Å²) in [4.78, 5) is 38.8. The van der Waals surface area contributed by atoms with Crippen LogP contribution >= 0.6 is 0 Å². The largest absolute Gasteiger partial charge is 0.462 e. The van der Waals surface area contributed by atoms with Gasteiger partial charge in [0.25, 0.3) is 0 Å². The molecular formula is C27H38O8. The Morgan fingerprint density at radius 3 is 2.29 bits per heavy atom. The molecule has 0 aromatic carbocycles. The van der Waals surface area contributed by atoms with Crippen molar-refractivity contribution in [3.63, 3.8) is 0 Å². The molecule has 1 aliphatic heterocycles. The van der Waals surface area contributed by atoms with Gasteiger partial charge in [-0.15, -0.1) is 0 Å². The number of ketones is 1. The number of ether oxygens (including phenoxy) is 4. The first-order valence-electron chi connectivity index (χ1n) is 12.7. The second-order valence-corrected chi connectivity index (χ2v) is 12.8. The monoisotopic (exact) mass is 490 g/mol. The number of carbonyl (C=O) groups is 3. The van der Waals surface area contributed by atoms with E-state index in [4.69, 9.17) is 18.9 Å². The molecule has 0 amide bonds. The number of Topliss-reactive ketones (excluding diaryl/α,β-unsaturated/α-hetero) is 1. The zero-order valence-corrected chi connectivity index (χ0v) is 21.8. The van der Waals surface area contributed by atoms with Crippen molar-refractivity contribution in [1.82, 2.24) is 0 Å². The molecule has 0 aromatic rings. The second kappa shape index (κ2) is 7.17. The first-order chi connectivity index (χ1) is 16.0. The molecule has 8 nitrogen and oxygen atoms in total. The molecule has 8 heteroatoms. The molecule has 1 heterocycles. The molecule has 1 spiro atoms. The van der Waals surface area contributed by atoms with Crippen LogP contribution in [-0.4, -0.2) is 58.6 Å². The minimum atomic E-state index is -1.68. The molecule has 1 saturated heterocycles. The fourth-order valence-corrected chi connectivity index (χ4v) is 8.99. The highest BCUT2D eigenvalue weighted by Crippen LogP contribution is 2.74. The molecule has 9 atom stereocenters. The van der Waals surface area contributed by atoms with E-state index < -0.39 is 58.5 Å². The molecule has 5 rings (SSSR count). The Hall–Kier alpha value is -1.77. The van der Waals surface area contributed by atoms with E-state index >= 15 is 0 Å². The highest BCUT2D eigenvalue weighted by atomic mass is 16.7. The summed E-state index contributed by atoms with van der Waals surface area (Å²) in [5.41, 5.74) is -3.80. The molecule has 4 saturated carbocycles. The average molecular weight is 491 g/mol. The predicted octanol–water partition coefficient (Wildman–Crippen LogP) is 3.09. The minimum Gasteiger partial charge on any atom is -0.462 e. The van der Waals surface area contributed by atoms with Crippen LogP contribution in [0.2, 0.25) is 0 Å². The zero-order chi connectivity index (χ0) is 25.9. The maximum absolute atomic E-state index is 14.2. The van der Waals surface area contributed by atoms with Crippen LogP contribution in [0.1, 0.15) is 74.1 Å². The van der Waals surface area contributed by atoms with Gasteiger partial charge in [0.15, 0.2) is 11.6 Å². The summed E-state index contributed by atoms with van der Waals surface area (Å²) < 4.78 is 24.8. The van der Waals surface area contributed by atoms with Crippen molar-refractivity contribution in [3.05, 3.63) is 12.2 Å². The summed E-state index contributed by atoms with van der Waals surface area (Å²) in [6.07, 6.45) is -0.777. The highest BCUT2D eigenvalue weighted by Gasteiger charge is 2.84. The lowest BCUT2D eigenvalue weighted by Crippen LogP contribution is -2.78. The number of esters is 2. The third-order valence-electron chi connectivity index (χ3n) is 10.0. The smallest absolute Gasteiger partial charge is 0.302 e. The van der Waals surface area contributed by atoms with E-state index in [1.54, 1.807) is 13.8 Å². The molecule has 0 radical (unpaired) electrons. The van der Waals surface area contributed by atoms with E-state index in [-0.39, 0.29) is 35.1 Å². The maximum atomic E-state index is 14.2. The average Bonchev–Trinajstić information content (AvgIpc) is 2.81. The molecular weight excluding hydrogens is 452 g/mol. The topological polar surface area (TPSA) is 108 Å². The van der Waals surface area contributed by atoms with Crippen LogP contribution in [0.4, 0.5) is 0 Å². The van der Waals surface area contributed by atoms with E-state index in [0.29, 0.717) is 12.8 Å². The van der Waals surface area contributed by atoms with Gasteiger partial charge in [-0.25, -0.2) is 0 Å². The summed E-state index contributed by atoms with van der Waals surface area (Å²) in [6, 6.07) is 0. The van der Waals surface area contributed by atoms with Crippen molar-refractivity contribution < 1.29 is 38.4 Å². The van der Waals surface area contributed by atoms with Crippen LogP contribution in [0.5, 0.6) is 0 Å². The third-order valence-corrected chi connectivity index (χ3v) is 10.0. The number of hydrogen-bond donors (Lipinski definition) is 1. The normalized spacial score (nSPS) is 49.0. The van der Waals surface area contributed by atoms with Gasteiger partial charge in [-0.2, -0.15) is 0 Å². The molecule has 35 heavy (non-hydrogen) atoms. The maximum Gasteiger partial charge on any atom is 0.302 e. The summed E-state index contributed by atoms with van der Waals surface area (Å²) in [7, 11) is 0. The molecule has 194 valence electrons. The van der Waals surface area contributed by atoms with Crippen molar-refractivity contribution in [2.75, 3.05) is 0 Å². The summed E-state index contributed by atoms with van der Waals surface area (Å²) in [5.74, 6) is -2.81. The molecule has 5 aliphatic rings. The van der Waals surface area contributed by atoms with Gasteiger partial charge in [-0.3, -0.25) is 14.4 Å². The SMILES string of the molecule is C=C1C(=O)[C@@]23[C@H]4C[C@@H]5C(C)(C)CC[C@@H](OC(C)=O)[C@@]5(C)[C@@H]2[C@@H](OC(C)=O)C[C@]1(O)[C@H]3OC(C)(C)O4. The summed E-state index contributed by atoms with van der Waals surface area (Å²) in [5, 5.41) is 11.9. The summed E-state index contributed by atoms with van der Waals surface area (Å²) in [6.45, 7) is 16.8. The Balaban J connectivity index is 1.80. The van der Waals surface area contributed by atoms with E-state index in [1.165, 1.54) is 13.8 Å². The Morgan fingerprint density at radius 2 is 1.69 bits per heavy atom. The molecule has 0 unspecified atom stereocenters. The molecule has 5 fully saturated rings. The van der Waals surface area contributed by atoms with Gasteiger partial charge >= 0.3 is 11.9 Å². The van der Waals surface area contributed by atoms with Gasteiger partial charge in [-0.05, 0) is 44.4 Å². The van der Waals surface area contributed by atoms with E-state index in [9.17, 15) is 19.5 Å². The molecule has 0 aromatic heterocycles. The minimum absolute atomic E-state index is 0.00538. The van der Waals surface area contributed by atoms with E-state index in [1.807, 2.05) is 0 Å². The molecule has 2 bridgehead atoms. The van der Waals surface area contributed by atoms with E-state index in [0.717, 1.165) is 6.42 Å². The van der Waals surface area contributed by atoms with Gasteiger partial charge in [0, 0.05) is 37.2 Å². The number of hydrogen-bond acceptors (Lipinski definition) is 8. The quantitative estimate of drug-likeness (QED) is 0.465. The number of carbonyl (C=O) groups excluding carboxylic acids is 3. The Morgan fingerprint density at radius 1 is 1.06 bits per heavy atom. The van der Waals surface area contributed by atoms with Crippen molar-refractivity contribution >= 4 is 17.7 Å². The fourth-order valence-electron chi connectivity index (χ4n) is 8.99. The van der Waals surface area contributed by atoms with Crippen molar-refractivity contribution in [1.29, 1.82) is 0 Å². The van der Waals surface area contributed by atoms with Crippen LogP contribution in [-0.2, 0) is 33.3 Å². The predicted molar refractivity (Wildman–Crippen MR) is 124 cm³/mol. The van der Waals surface area contributed by atoms with Crippen LogP contribution in [0.15, 0.2) is 12.2 Å². The second-order valence-electron chi connectivity index (χ2n) is 12.8. The lowest BCUT2D eigenvalue weighted by Gasteiger charge is -2.70. The van der Waals surface area contributed by atoms with Gasteiger partial charge in [-0.1, -0.05) is 27.4 Å². The summed E-state index contributed by atoms with van der Waals surface area (Å²) >= 11 is 0. The Labute approximate surface area is 206 Å². The van der Waals surface area contributed by atoms with Crippen molar-refractivity contribution in [2.45, 2.75) is 110 Å². The molecule has 4 aliphatic carbocycles. The fraction of sp³-hybridized carbons (Fsp3) is 0.815. The van der Waals surface area contributed by atoms with Gasteiger partial charge in [0.05, 0.1) is 11.5 Å². The first kappa shape index (κ1) is 24.9. The van der Waals surface area contributed by atoms with Gasteiger partial charge < -0.3 is 24.1 Å². The third kappa shape index (κ3) is 2.99. The Kier molecular flexibility index (Phi) is 5.10. The van der Waals surface area contributed by atoms with Crippen LogP contribution in [0.3, 0.4) is 0 Å². The van der Waals surface area contributed by atoms with Gasteiger partial charge in [0.2, 0.25) is 0 Å². The van der Waals surface area contributed by atoms with Gasteiger partial charge in [0.1, 0.15) is 23.9 Å². The lowest BCUT2D eigenvalue weighted by molar-refractivity contribution is -0.406.